The van der Waals surface area contributed by atoms with Crippen LogP contribution in [0.3, 0.4) is 0 Å². The maximum atomic E-state index is 6.08. The molecule has 0 aliphatic carbocycles. The Kier molecular flexibility index (Phi) is 4.18. The van der Waals surface area contributed by atoms with E-state index in [1.807, 2.05) is 54.6 Å². The first-order chi connectivity index (χ1) is 8.25. The van der Waals surface area contributed by atoms with Gasteiger partial charge in [-0.3, -0.25) is 5.43 Å². The van der Waals surface area contributed by atoms with Crippen LogP contribution in [0.1, 0.15) is 5.56 Å². The van der Waals surface area contributed by atoms with Crippen molar-refractivity contribution in [1.82, 2.24) is 0 Å². The molecule has 2 aromatic rings. The summed E-state index contributed by atoms with van der Waals surface area (Å²) in [5, 5.41) is 4.54. The minimum atomic E-state index is 0.432. The molecular weight excluding hydrogens is 300 g/mol. The number of para-hydroxylation sites is 1. The number of halogens is 2. The lowest BCUT2D eigenvalue weighted by Gasteiger charge is -2.01. The van der Waals surface area contributed by atoms with Crippen LogP contribution in [0, 0.1) is 0 Å². The fourth-order valence-electron chi connectivity index (χ4n) is 1.28. The molecule has 0 spiro atoms. The molecule has 1 N–H and O–H groups in total. The third-order valence-electron chi connectivity index (χ3n) is 2.14. The molecule has 0 unspecified atom stereocenters. The molecule has 17 heavy (non-hydrogen) atoms. The van der Waals surface area contributed by atoms with Gasteiger partial charge in [0.1, 0.15) is 0 Å². The molecule has 0 aliphatic heterocycles. The minimum absolute atomic E-state index is 0.432. The van der Waals surface area contributed by atoms with Crippen molar-refractivity contribution in [3.05, 3.63) is 64.6 Å². The Balaban J connectivity index is 2.10. The fraction of sp³-hybridized carbons (Fsp3) is 0. The van der Waals surface area contributed by atoms with Crippen molar-refractivity contribution in [2.75, 3.05) is 5.43 Å². The van der Waals surface area contributed by atoms with E-state index in [9.17, 15) is 0 Å². The minimum Gasteiger partial charge on any atom is -0.277 e. The van der Waals surface area contributed by atoms with Crippen LogP contribution in [-0.4, -0.2) is 5.17 Å². The number of hydrogen-bond acceptors (Lipinski definition) is 2. The average Bonchev–Trinajstić information content (AvgIpc) is 2.38. The summed E-state index contributed by atoms with van der Waals surface area (Å²) in [5.74, 6) is 0. The smallest absolute Gasteiger partial charge is 0.156 e. The van der Waals surface area contributed by atoms with E-state index in [1.54, 1.807) is 0 Å². The van der Waals surface area contributed by atoms with Gasteiger partial charge in [0.15, 0.2) is 5.17 Å². The lowest BCUT2D eigenvalue weighted by atomic mass is 10.2. The monoisotopic (exact) mass is 308 g/mol. The lowest BCUT2D eigenvalue weighted by Crippen LogP contribution is -1.96. The Bertz CT molecular complexity index is 509. The number of anilines is 1. The highest BCUT2D eigenvalue weighted by Gasteiger charge is 1.99. The summed E-state index contributed by atoms with van der Waals surface area (Å²) in [6.07, 6.45) is 0. The maximum absolute atomic E-state index is 6.08. The summed E-state index contributed by atoms with van der Waals surface area (Å²) in [5.41, 5.74) is 4.68. The van der Waals surface area contributed by atoms with Crippen LogP contribution >= 0.6 is 27.5 Å². The Labute approximate surface area is 113 Å². The van der Waals surface area contributed by atoms with Crippen molar-refractivity contribution in [3.8, 4) is 0 Å². The molecule has 2 rings (SSSR count). The normalized spacial score (nSPS) is 11.3. The molecule has 0 fully saturated rings. The predicted molar refractivity (Wildman–Crippen MR) is 76.6 cm³/mol. The maximum Gasteiger partial charge on any atom is 0.156 e. The van der Waals surface area contributed by atoms with Crippen LogP contribution < -0.4 is 5.43 Å². The number of nitrogens with zero attached hydrogens (tertiary/aromatic N) is 1. The number of rotatable bonds is 3. The first-order valence-corrected chi connectivity index (χ1v) is 6.23. The molecular formula is C13H10BrClN2. The summed E-state index contributed by atoms with van der Waals surface area (Å²) in [7, 11) is 0. The largest absolute Gasteiger partial charge is 0.277 e. The van der Waals surface area contributed by atoms with E-state index in [2.05, 4.69) is 26.5 Å². The van der Waals surface area contributed by atoms with E-state index >= 15 is 0 Å². The summed E-state index contributed by atoms with van der Waals surface area (Å²) < 4.78 is 1.02. The van der Waals surface area contributed by atoms with Crippen LogP contribution in [-0.2, 0) is 0 Å². The van der Waals surface area contributed by atoms with Gasteiger partial charge in [-0.25, -0.2) is 0 Å². The molecule has 2 nitrogen and oxygen atoms in total. The third-order valence-corrected chi connectivity index (χ3v) is 2.97. The van der Waals surface area contributed by atoms with Crippen LogP contribution in [0.4, 0.5) is 5.69 Å². The predicted octanol–water partition coefficient (Wildman–Crippen LogP) is 4.46. The molecule has 0 amide bonds. The van der Waals surface area contributed by atoms with Gasteiger partial charge < -0.3 is 0 Å². The molecule has 0 aromatic heterocycles. The van der Waals surface area contributed by atoms with Gasteiger partial charge in [0.25, 0.3) is 0 Å². The summed E-state index contributed by atoms with van der Waals surface area (Å²) in [4.78, 5) is 0. The molecule has 4 heteroatoms. The number of nitrogens with one attached hydrogen (secondary N) is 1. The zero-order valence-electron chi connectivity index (χ0n) is 8.90. The molecule has 0 atom stereocenters. The van der Waals surface area contributed by atoms with E-state index in [4.69, 9.17) is 11.6 Å². The Morgan fingerprint density at radius 1 is 1.00 bits per heavy atom. The van der Waals surface area contributed by atoms with Gasteiger partial charge in [0.05, 0.1) is 5.69 Å². The van der Waals surface area contributed by atoms with Gasteiger partial charge in [0.2, 0.25) is 0 Å². The lowest BCUT2D eigenvalue weighted by molar-refractivity contribution is 1.34. The first kappa shape index (κ1) is 12.1. The molecule has 2 aromatic carbocycles. The van der Waals surface area contributed by atoms with E-state index in [1.165, 1.54) is 0 Å². The highest BCUT2D eigenvalue weighted by molar-refractivity contribution is 9.10. The molecule has 0 heterocycles. The van der Waals surface area contributed by atoms with Gasteiger partial charge in [0, 0.05) is 10.0 Å². The Morgan fingerprint density at radius 3 is 2.29 bits per heavy atom. The van der Waals surface area contributed by atoms with Gasteiger partial charge in [-0.15, -0.1) is 0 Å². The highest BCUT2D eigenvalue weighted by Crippen LogP contribution is 2.13. The van der Waals surface area contributed by atoms with Crippen molar-refractivity contribution >= 4 is 38.4 Å². The highest BCUT2D eigenvalue weighted by atomic mass is 79.9. The van der Waals surface area contributed by atoms with Gasteiger partial charge >= 0.3 is 0 Å². The van der Waals surface area contributed by atoms with Gasteiger partial charge in [-0.2, -0.15) is 5.10 Å². The SMILES string of the molecule is Cl/C(=N\Nc1ccccc1)c1ccc(Br)cc1. The van der Waals surface area contributed by atoms with Crippen LogP contribution in [0.25, 0.3) is 0 Å². The molecule has 86 valence electrons. The number of benzene rings is 2. The van der Waals surface area contributed by atoms with Gasteiger partial charge in [-0.05, 0) is 24.3 Å². The number of hydrogen-bond donors (Lipinski definition) is 1. The van der Waals surface area contributed by atoms with E-state index < -0.39 is 0 Å². The van der Waals surface area contributed by atoms with E-state index in [-0.39, 0.29) is 0 Å². The zero-order chi connectivity index (χ0) is 12.1. The molecule has 0 saturated carbocycles. The molecule has 0 saturated heterocycles. The Morgan fingerprint density at radius 2 is 1.65 bits per heavy atom. The fourth-order valence-corrected chi connectivity index (χ4v) is 1.71. The molecule has 0 bridgehead atoms. The molecule has 0 aliphatic rings. The van der Waals surface area contributed by atoms with Gasteiger partial charge in [-0.1, -0.05) is 57.9 Å². The van der Waals surface area contributed by atoms with E-state index in [0.29, 0.717) is 5.17 Å². The third kappa shape index (κ3) is 3.58. The average molecular weight is 310 g/mol. The van der Waals surface area contributed by atoms with Crippen molar-refractivity contribution in [3.63, 3.8) is 0 Å². The topological polar surface area (TPSA) is 24.4 Å². The summed E-state index contributed by atoms with van der Waals surface area (Å²) in [6, 6.07) is 17.3. The second kappa shape index (κ2) is 5.84. The van der Waals surface area contributed by atoms with Crippen LogP contribution in [0.15, 0.2) is 64.2 Å². The second-order valence-electron chi connectivity index (χ2n) is 3.39. The summed E-state index contributed by atoms with van der Waals surface area (Å²) >= 11 is 9.45. The van der Waals surface area contributed by atoms with E-state index in [0.717, 1.165) is 15.7 Å². The van der Waals surface area contributed by atoms with Crippen LogP contribution in [0.5, 0.6) is 0 Å². The standard InChI is InChI=1S/C13H10BrClN2/c14-11-8-6-10(7-9-11)13(15)17-16-12-4-2-1-3-5-12/h1-9,16H/b17-13-. The van der Waals surface area contributed by atoms with Crippen molar-refractivity contribution in [2.24, 2.45) is 5.10 Å². The van der Waals surface area contributed by atoms with Crippen LogP contribution in [0.2, 0.25) is 0 Å². The molecule has 0 radical (unpaired) electrons. The zero-order valence-corrected chi connectivity index (χ0v) is 11.2. The van der Waals surface area contributed by atoms with Crippen molar-refractivity contribution in [1.29, 1.82) is 0 Å². The summed E-state index contributed by atoms with van der Waals surface area (Å²) in [6.45, 7) is 0. The number of hydrazone groups is 1. The first-order valence-electron chi connectivity index (χ1n) is 5.06. The second-order valence-corrected chi connectivity index (χ2v) is 4.66. The Hall–Kier alpha value is -1.32. The van der Waals surface area contributed by atoms with Crippen molar-refractivity contribution in [2.45, 2.75) is 0 Å². The quantitative estimate of drug-likeness (QED) is 0.657. The van der Waals surface area contributed by atoms with Crippen molar-refractivity contribution < 1.29 is 0 Å².